The molecule has 0 saturated heterocycles. The van der Waals surface area contributed by atoms with Crippen LogP contribution in [-0.4, -0.2) is 19.7 Å². The Bertz CT molecular complexity index is 392. The first-order valence-electron chi connectivity index (χ1n) is 3.86. The number of anilines is 1. The van der Waals surface area contributed by atoms with Gasteiger partial charge in [-0.2, -0.15) is 0 Å². The molecule has 0 bridgehead atoms. The molecule has 5 nitrogen and oxygen atoms in total. The van der Waals surface area contributed by atoms with Gasteiger partial charge in [0.1, 0.15) is 0 Å². The fourth-order valence-corrected chi connectivity index (χ4v) is 1.49. The van der Waals surface area contributed by atoms with Crippen LogP contribution in [0.4, 0.5) is 5.69 Å². The zero-order valence-corrected chi connectivity index (χ0v) is 8.59. The van der Waals surface area contributed by atoms with Gasteiger partial charge in [-0.3, -0.25) is 4.79 Å². The Balaban J connectivity index is 3.00. The molecule has 6 heteroatoms. The lowest BCUT2D eigenvalue weighted by Crippen LogP contribution is -2.07. The van der Waals surface area contributed by atoms with Crippen LogP contribution in [0.5, 0.6) is 0 Å². The van der Waals surface area contributed by atoms with E-state index < -0.39 is 11.1 Å². The van der Waals surface area contributed by atoms with Gasteiger partial charge in [-0.1, -0.05) is 0 Å². The first-order chi connectivity index (χ1) is 6.50. The lowest BCUT2D eigenvalue weighted by Gasteiger charge is -2.04. The third-order valence-corrected chi connectivity index (χ3v) is 2.27. The van der Waals surface area contributed by atoms with E-state index in [0.717, 1.165) is 0 Å². The standard InChI is InChI=1S/C8H10N2O3S/c1-5-3-7(10-6(2)11)4-9-8(5)14(12)13/h3-4H,1-2H3,(H,10,11)(H,12,13). The molecule has 1 amide bonds. The molecule has 0 radical (unpaired) electrons. The highest BCUT2D eigenvalue weighted by Crippen LogP contribution is 2.13. The summed E-state index contributed by atoms with van der Waals surface area (Å²) in [7, 11) is 0. The van der Waals surface area contributed by atoms with E-state index in [0.29, 0.717) is 11.3 Å². The summed E-state index contributed by atoms with van der Waals surface area (Å²) in [5.41, 5.74) is 1.08. The minimum Gasteiger partial charge on any atom is -0.325 e. The largest absolute Gasteiger partial charge is 0.325 e. The van der Waals surface area contributed by atoms with Gasteiger partial charge in [0.2, 0.25) is 17.0 Å². The Labute approximate surface area is 83.8 Å². The number of amides is 1. The summed E-state index contributed by atoms with van der Waals surface area (Å²) in [6.45, 7) is 3.04. The summed E-state index contributed by atoms with van der Waals surface area (Å²) in [5, 5.41) is 2.64. The Morgan fingerprint density at radius 3 is 2.71 bits per heavy atom. The highest BCUT2D eigenvalue weighted by molar-refractivity contribution is 7.79. The maximum atomic E-state index is 10.7. The van der Waals surface area contributed by atoms with E-state index in [1.165, 1.54) is 13.1 Å². The summed E-state index contributed by atoms with van der Waals surface area (Å²) in [5.74, 6) is -0.205. The number of nitrogens with one attached hydrogen (secondary N) is 1. The first-order valence-corrected chi connectivity index (χ1v) is 4.96. The predicted octanol–water partition coefficient (Wildman–Crippen LogP) is 0.929. The van der Waals surface area contributed by atoms with E-state index in [4.69, 9.17) is 4.55 Å². The van der Waals surface area contributed by atoms with Crippen molar-refractivity contribution in [3.8, 4) is 0 Å². The molecule has 0 aliphatic rings. The fourth-order valence-electron chi connectivity index (χ4n) is 1.02. The number of carbonyl (C=O) groups is 1. The van der Waals surface area contributed by atoms with Crippen LogP contribution >= 0.6 is 0 Å². The van der Waals surface area contributed by atoms with Crippen LogP contribution in [0.3, 0.4) is 0 Å². The second kappa shape index (κ2) is 4.30. The molecule has 1 heterocycles. The molecule has 0 aliphatic carbocycles. The summed E-state index contributed by atoms with van der Waals surface area (Å²) < 4.78 is 19.5. The fraction of sp³-hybridized carbons (Fsp3) is 0.250. The van der Waals surface area contributed by atoms with Crippen molar-refractivity contribution < 1.29 is 13.6 Å². The number of hydrogen-bond donors (Lipinski definition) is 2. The van der Waals surface area contributed by atoms with Crippen molar-refractivity contribution in [2.75, 3.05) is 5.32 Å². The minimum absolute atomic E-state index is 0.110. The number of aryl methyl sites for hydroxylation is 1. The van der Waals surface area contributed by atoms with Crippen molar-refractivity contribution in [2.45, 2.75) is 18.9 Å². The molecule has 1 unspecified atom stereocenters. The Kier molecular flexibility index (Phi) is 3.32. The summed E-state index contributed by atoms with van der Waals surface area (Å²) in [6.07, 6.45) is 1.35. The number of pyridine rings is 1. The first kappa shape index (κ1) is 10.8. The van der Waals surface area contributed by atoms with Gasteiger partial charge in [-0.15, -0.1) is 0 Å². The van der Waals surface area contributed by atoms with Gasteiger partial charge in [-0.25, -0.2) is 9.19 Å². The van der Waals surface area contributed by atoms with Crippen LogP contribution in [-0.2, 0) is 15.9 Å². The molecule has 1 aromatic rings. The summed E-state index contributed by atoms with van der Waals surface area (Å²) in [6, 6.07) is 1.60. The van der Waals surface area contributed by atoms with Crippen LogP contribution in [0.15, 0.2) is 17.3 Å². The smallest absolute Gasteiger partial charge is 0.221 e. The zero-order chi connectivity index (χ0) is 10.7. The normalized spacial score (nSPS) is 12.2. The van der Waals surface area contributed by atoms with E-state index in [-0.39, 0.29) is 10.9 Å². The van der Waals surface area contributed by atoms with Gasteiger partial charge >= 0.3 is 0 Å². The van der Waals surface area contributed by atoms with Crippen LogP contribution in [0.25, 0.3) is 0 Å². The predicted molar refractivity (Wildman–Crippen MR) is 52.3 cm³/mol. The number of nitrogens with zero attached hydrogens (tertiary/aromatic N) is 1. The van der Waals surface area contributed by atoms with E-state index in [9.17, 15) is 9.00 Å². The van der Waals surface area contributed by atoms with Crippen molar-refractivity contribution >= 4 is 22.7 Å². The van der Waals surface area contributed by atoms with Gasteiger partial charge in [0, 0.05) is 6.92 Å². The highest BCUT2D eigenvalue weighted by Gasteiger charge is 2.07. The molecular formula is C8H10N2O3S. The molecule has 1 atom stereocenters. The quantitative estimate of drug-likeness (QED) is 0.718. The highest BCUT2D eigenvalue weighted by atomic mass is 32.2. The third-order valence-electron chi connectivity index (χ3n) is 1.52. The Morgan fingerprint density at radius 2 is 2.29 bits per heavy atom. The molecule has 0 aliphatic heterocycles. The molecule has 0 saturated carbocycles. The molecule has 2 N–H and O–H groups in total. The molecule has 0 aromatic carbocycles. The molecular weight excluding hydrogens is 204 g/mol. The van der Waals surface area contributed by atoms with Gasteiger partial charge < -0.3 is 9.87 Å². The van der Waals surface area contributed by atoms with E-state index in [1.54, 1.807) is 13.0 Å². The topological polar surface area (TPSA) is 79.3 Å². The van der Waals surface area contributed by atoms with E-state index in [1.807, 2.05) is 0 Å². The Morgan fingerprint density at radius 1 is 1.64 bits per heavy atom. The van der Waals surface area contributed by atoms with Crippen molar-refractivity contribution in [3.05, 3.63) is 17.8 Å². The SMILES string of the molecule is CC(=O)Nc1cnc(S(=O)O)c(C)c1. The summed E-state index contributed by atoms with van der Waals surface area (Å²) >= 11 is -2.09. The van der Waals surface area contributed by atoms with E-state index in [2.05, 4.69) is 10.3 Å². The summed E-state index contributed by atoms with van der Waals surface area (Å²) in [4.78, 5) is 14.5. The maximum absolute atomic E-state index is 10.7. The van der Waals surface area contributed by atoms with Crippen LogP contribution in [0.1, 0.15) is 12.5 Å². The number of rotatable bonds is 2. The van der Waals surface area contributed by atoms with Crippen molar-refractivity contribution in [2.24, 2.45) is 0 Å². The van der Waals surface area contributed by atoms with Gasteiger partial charge in [0.25, 0.3) is 0 Å². The van der Waals surface area contributed by atoms with E-state index >= 15 is 0 Å². The monoisotopic (exact) mass is 214 g/mol. The number of hydrogen-bond acceptors (Lipinski definition) is 3. The van der Waals surface area contributed by atoms with Crippen molar-refractivity contribution in [1.82, 2.24) is 4.98 Å². The van der Waals surface area contributed by atoms with Crippen LogP contribution in [0.2, 0.25) is 0 Å². The lowest BCUT2D eigenvalue weighted by molar-refractivity contribution is -0.114. The van der Waals surface area contributed by atoms with Gasteiger partial charge in [0.05, 0.1) is 11.9 Å². The van der Waals surface area contributed by atoms with Crippen molar-refractivity contribution in [3.63, 3.8) is 0 Å². The van der Waals surface area contributed by atoms with Gasteiger partial charge in [-0.05, 0) is 18.6 Å². The molecule has 0 fully saturated rings. The lowest BCUT2D eigenvalue weighted by atomic mass is 10.3. The Hall–Kier alpha value is -1.27. The maximum Gasteiger partial charge on any atom is 0.221 e. The third kappa shape index (κ3) is 2.61. The van der Waals surface area contributed by atoms with Crippen LogP contribution < -0.4 is 5.32 Å². The molecule has 1 rings (SSSR count). The second-order valence-corrected chi connectivity index (χ2v) is 3.66. The zero-order valence-electron chi connectivity index (χ0n) is 7.77. The average Bonchev–Trinajstić information content (AvgIpc) is 2.01. The van der Waals surface area contributed by atoms with Gasteiger partial charge in [0.15, 0.2) is 5.03 Å². The number of carbonyl (C=O) groups excluding carboxylic acids is 1. The van der Waals surface area contributed by atoms with Crippen molar-refractivity contribution in [1.29, 1.82) is 0 Å². The molecule has 76 valence electrons. The average molecular weight is 214 g/mol. The van der Waals surface area contributed by atoms with Crippen LogP contribution in [0, 0.1) is 6.92 Å². The second-order valence-electron chi connectivity index (χ2n) is 2.78. The molecule has 1 aromatic heterocycles. The minimum atomic E-state index is -2.09. The molecule has 0 spiro atoms. The molecule has 14 heavy (non-hydrogen) atoms. The number of aromatic nitrogens is 1.